The van der Waals surface area contributed by atoms with Crippen molar-refractivity contribution >= 4 is 9.52 Å². The zero-order chi connectivity index (χ0) is 7.45. The first-order valence-corrected chi connectivity index (χ1v) is 5.11. The van der Waals surface area contributed by atoms with Crippen LogP contribution in [0.15, 0.2) is 0 Å². The molecule has 0 unspecified atom stereocenters. The fourth-order valence-corrected chi connectivity index (χ4v) is 2.41. The van der Waals surface area contributed by atoms with Crippen LogP contribution in [0.1, 0.15) is 32.1 Å². The third-order valence-electron chi connectivity index (χ3n) is 1.86. The Bertz CT molecular complexity index is 93.8. The molecule has 1 fully saturated rings. The van der Waals surface area contributed by atoms with E-state index in [0.29, 0.717) is 15.9 Å². The van der Waals surface area contributed by atoms with Crippen LogP contribution in [-0.4, -0.2) is 25.1 Å². The highest BCUT2D eigenvalue weighted by atomic mass is 28.2. The van der Waals surface area contributed by atoms with E-state index in [1.54, 1.807) is 0 Å². The van der Waals surface area contributed by atoms with Crippen molar-refractivity contribution in [1.82, 2.24) is 0 Å². The highest BCUT2D eigenvalue weighted by molar-refractivity contribution is 6.38. The van der Waals surface area contributed by atoms with Gasteiger partial charge in [-0.2, -0.15) is 0 Å². The van der Waals surface area contributed by atoms with Gasteiger partial charge >= 0.3 is 0 Å². The van der Waals surface area contributed by atoms with Gasteiger partial charge in [-0.15, -0.1) is 0 Å². The molecule has 2 N–H and O–H groups in total. The fourth-order valence-electron chi connectivity index (χ4n) is 1.23. The van der Waals surface area contributed by atoms with Crippen LogP contribution in [0.3, 0.4) is 0 Å². The third kappa shape index (κ3) is 2.81. The van der Waals surface area contributed by atoms with Crippen LogP contribution in [0.25, 0.3) is 0 Å². The van der Waals surface area contributed by atoms with Gasteiger partial charge in [-0.25, -0.2) is 0 Å². The molecule has 58 valence electrons. The van der Waals surface area contributed by atoms with Gasteiger partial charge in [-0.1, -0.05) is 25.3 Å². The van der Waals surface area contributed by atoms with Crippen molar-refractivity contribution < 1.29 is 10.2 Å². The van der Waals surface area contributed by atoms with E-state index in [1.165, 1.54) is 12.8 Å². The Balaban J connectivity index is 2.30. The van der Waals surface area contributed by atoms with E-state index >= 15 is 0 Å². The van der Waals surface area contributed by atoms with Gasteiger partial charge in [0.25, 0.3) is 0 Å². The summed E-state index contributed by atoms with van der Waals surface area (Å²) in [7, 11) is 0.328. The predicted octanol–water partition coefficient (Wildman–Crippen LogP) is 0.711. The van der Waals surface area contributed by atoms with Crippen molar-refractivity contribution in [3.8, 4) is 0 Å². The molecule has 1 aliphatic heterocycles. The van der Waals surface area contributed by atoms with Crippen molar-refractivity contribution in [2.24, 2.45) is 0 Å². The average Bonchev–Trinajstić information content (AvgIpc) is 1.81. The molecule has 0 aliphatic carbocycles. The van der Waals surface area contributed by atoms with Crippen LogP contribution in [0.4, 0.5) is 0 Å². The van der Waals surface area contributed by atoms with Gasteiger partial charge in [-0.3, -0.25) is 0 Å². The average molecular weight is 158 g/mol. The lowest BCUT2D eigenvalue weighted by molar-refractivity contribution is -0.0958. The van der Waals surface area contributed by atoms with Crippen LogP contribution in [0.2, 0.25) is 6.04 Å². The summed E-state index contributed by atoms with van der Waals surface area (Å²) in [6, 6.07) is 0.993. The summed E-state index contributed by atoms with van der Waals surface area (Å²) in [4.78, 5) is 0. The lowest BCUT2D eigenvalue weighted by Crippen LogP contribution is -2.36. The van der Waals surface area contributed by atoms with Gasteiger partial charge in [-0.05, 0) is 12.8 Å². The molecule has 0 spiro atoms. The molecule has 1 heterocycles. The van der Waals surface area contributed by atoms with Gasteiger partial charge in [0.1, 0.15) is 14.9 Å². The summed E-state index contributed by atoms with van der Waals surface area (Å²) in [6.45, 7) is 0. The molecule has 0 bridgehead atoms. The van der Waals surface area contributed by atoms with E-state index in [2.05, 4.69) is 0 Å². The normalized spacial score (nSPS) is 27.0. The van der Waals surface area contributed by atoms with Crippen LogP contribution < -0.4 is 0 Å². The van der Waals surface area contributed by atoms with Gasteiger partial charge in [0.15, 0.2) is 0 Å². The zero-order valence-electron chi connectivity index (χ0n) is 6.14. The maximum atomic E-state index is 9.25. The van der Waals surface area contributed by atoms with E-state index < -0.39 is 5.41 Å². The first-order chi connectivity index (χ1) is 4.71. The summed E-state index contributed by atoms with van der Waals surface area (Å²) in [6.07, 6.45) is 5.14. The smallest absolute Gasteiger partial charge is 0.141 e. The monoisotopic (exact) mass is 158 g/mol. The van der Waals surface area contributed by atoms with Gasteiger partial charge in [0.05, 0.1) is 0 Å². The Labute approximate surface area is 64.1 Å². The van der Waals surface area contributed by atoms with Crippen LogP contribution in [0.5, 0.6) is 0 Å². The number of rotatable bonds is 0. The minimum absolute atomic E-state index is 0.328. The van der Waals surface area contributed by atoms with Gasteiger partial charge in [0.2, 0.25) is 0 Å². The van der Waals surface area contributed by atoms with Crippen LogP contribution >= 0.6 is 0 Å². The second-order valence-electron chi connectivity index (χ2n) is 2.91. The molecule has 0 aromatic heterocycles. The minimum Gasteiger partial charge on any atom is -0.370 e. The van der Waals surface area contributed by atoms with Crippen molar-refractivity contribution in [1.29, 1.82) is 0 Å². The first-order valence-electron chi connectivity index (χ1n) is 3.90. The van der Waals surface area contributed by atoms with E-state index in [4.69, 9.17) is 0 Å². The molecular formula is C7H14O2Si. The van der Waals surface area contributed by atoms with Crippen molar-refractivity contribution in [3.05, 3.63) is 0 Å². The summed E-state index contributed by atoms with van der Waals surface area (Å²) in [5.74, 6) is 0. The largest absolute Gasteiger partial charge is 0.370 e. The maximum Gasteiger partial charge on any atom is 0.141 e. The Kier molecular flexibility index (Phi) is 2.89. The summed E-state index contributed by atoms with van der Waals surface area (Å²) in [5.41, 5.74) is -1.32. The Morgan fingerprint density at radius 3 is 2.50 bits per heavy atom. The fraction of sp³-hybridized carbons (Fsp3) is 1.00. The number of hydrogen-bond donors (Lipinski definition) is 2. The molecular weight excluding hydrogens is 144 g/mol. The molecule has 1 rings (SSSR count). The molecule has 0 aromatic rings. The van der Waals surface area contributed by atoms with E-state index in [0.717, 1.165) is 18.9 Å². The number of hydrogen-bond acceptors (Lipinski definition) is 2. The SMILES string of the molecule is OC1(O)CCCCCC[Si]1. The highest BCUT2D eigenvalue weighted by Gasteiger charge is 2.23. The minimum atomic E-state index is -1.32. The summed E-state index contributed by atoms with van der Waals surface area (Å²) in [5, 5.41) is 18.5. The van der Waals surface area contributed by atoms with Gasteiger partial charge < -0.3 is 10.2 Å². The molecule has 2 radical (unpaired) electrons. The lowest BCUT2D eigenvalue weighted by atomic mass is 10.1. The molecule has 2 nitrogen and oxygen atoms in total. The lowest BCUT2D eigenvalue weighted by Gasteiger charge is -2.22. The molecule has 0 amide bonds. The van der Waals surface area contributed by atoms with E-state index in [-0.39, 0.29) is 0 Å². The van der Waals surface area contributed by atoms with Gasteiger partial charge in [0, 0.05) is 0 Å². The molecule has 1 aliphatic rings. The van der Waals surface area contributed by atoms with Crippen LogP contribution in [-0.2, 0) is 0 Å². The molecule has 0 saturated carbocycles. The molecule has 3 heteroatoms. The van der Waals surface area contributed by atoms with Crippen molar-refractivity contribution in [2.75, 3.05) is 0 Å². The second kappa shape index (κ2) is 3.51. The first kappa shape index (κ1) is 8.24. The Hall–Kier alpha value is 0.137. The molecule has 10 heavy (non-hydrogen) atoms. The van der Waals surface area contributed by atoms with Crippen molar-refractivity contribution in [3.63, 3.8) is 0 Å². The highest BCUT2D eigenvalue weighted by Crippen LogP contribution is 2.18. The second-order valence-corrected chi connectivity index (χ2v) is 4.56. The van der Waals surface area contributed by atoms with Crippen molar-refractivity contribution in [2.45, 2.75) is 43.6 Å². The maximum absolute atomic E-state index is 9.25. The quantitative estimate of drug-likeness (QED) is 0.403. The molecule has 0 atom stereocenters. The summed E-state index contributed by atoms with van der Waals surface area (Å²) >= 11 is 0. The zero-order valence-corrected chi connectivity index (χ0v) is 7.14. The Morgan fingerprint density at radius 1 is 1.00 bits per heavy atom. The third-order valence-corrected chi connectivity index (χ3v) is 3.28. The topological polar surface area (TPSA) is 40.5 Å². The Morgan fingerprint density at radius 2 is 1.70 bits per heavy atom. The number of aliphatic hydroxyl groups is 2. The predicted molar refractivity (Wildman–Crippen MR) is 40.8 cm³/mol. The van der Waals surface area contributed by atoms with E-state index in [1.807, 2.05) is 0 Å². The van der Waals surface area contributed by atoms with E-state index in [9.17, 15) is 10.2 Å². The molecule has 0 aromatic carbocycles. The standard InChI is InChI=1S/C7H14O2Si/c8-7(9)5-3-1-2-4-6-10-7/h8-9H,1-6H2. The summed E-state index contributed by atoms with van der Waals surface area (Å²) < 4.78 is 0. The molecule has 1 saturated heterocycles. The van der Waals surface area contributed by atoms with Crippen LogP contribution in [0, 0.1) is 0 Å².